The van der Waals surface area contributed by atoms with Gasteiger partial charge in [0.05, 0.1) is 11.4 Å². The van der Waals surface area contributed by atoms with Gasteiger partial charge in [0.15, 0.2) is 0 Å². The van der Waals surface area contributed by atoms with Crippen LogP contribution < -0.4 is 4.90 Å². The Balaban J connectivity index is 1.24. The highest BCUT2D eigenvalue weighted by molar-refractivity contribution is 7.25. The molecule has 0 aliphatic heterocycles. The first kappa shape index (κ1) is 27.8. The fourth-order valence-electron chi connectivity index (χ4n) is 7.53. The van der Waals surface area contributed by atoms with E-state index in [1.165, 1.54) is 64.5 Å². The van der Waals surface area contributed by atoms with E-state index in [0.717, 1.165) is 11.4 Å². The molecule has 7 aromatic rings. The van der Waals surface area contributed by atoms with Crippen LogP contribution >= 0.6 is 11.3 Å². The van der Waals surface area contributed by atoms with Gasteiger partial charge in [0.2, 0.25) is 0 Å². The minimum absolute atomic E-state index is 0.387. The SMILES string of the molecule is CC1C(c2cccc(N(c3ccccc3-c3ccc4c(c3)sc3ccccc34)c3cccc4ccccc34)c2)=CC=C2C=CC=CC21. The molecule has 0 spiro atoms. The zero-order chi connectivity index (χ0) is 31.3. The molecule has 2 aliphatic carbocycles. The minimum Gasteiger partial charge on any atom is -0.309 e. The molecule has 9 rings (SSSR count). The van der Waals surface area contributed by atoms with E-state index < -0.39 is 0 Å². The lowest BCUT2D eigenvalue weighted by Gasteiger charge is -2.32. The number of thiophene rings is 1. The van der Waals surface area contributed by atoms with Crippen LogP contribution in [-0.4, -0.2) is 0 Å². The summed E-state index contributed by atoms with van der Waals surface area (Å²) in [5.41, 5.74) is 9.95. The third-order valence-electron chi connectivity index (χ3n) is 9.87. The monoisotopic (exact) mass is 619 g/mol. The topological polar surface area (TPSA) is 3.24 Å². The van der Waals surface area contributed by atoms with Gasteiger partial charge in [-0.15, -0.1) is 11.3 Å². The van der Waals surface area contributed by atoms with E-state index in [0.29, 0.717) is 11.8 Å². The summed E-state index contributed by atoms with van der Waals surface area (Å²) in [7, 11) is 0. The fraction of sp³-hybridized carbons (Fsp3) is 0.0667. The lowest BCUT2D eigenvalue weighted by Crippen LogP contribution is -2.17. The number of nitrogens with zero attached hydrogens (tertiary/aromatic N) is 1. The predicted molar refractivity (Wildman–Crippen MR) is 204 cm³/mol. The van der Waals surface area contributed by atoms with E-state index in [1.807, 2.05) is 11.3 Å². The second-order valence-electron chi connectivity index (χ2n) is 12.6. The third-order valence-corrected chi connectivity index (χ3v) is 11.0. The zero-order valence-corrected chi connectivity index (χ0v) is 27.0. The third kappa shape index (κ3) is 4.76. The van der Waals surface area contributed by atoms with Gasteiger partial charge < -0.3 is 4.90 Å². The molecular weight excluding hydrogens is 587 g/mol. The Bertz CT molecular complexity index is 2450. The number of anilines is 3. The number of allylic oxidation sites excluding steroid dienone is 8. The highest BCUT2D eigenvalue weighted by atomic mass is 32.1. The summed E-state index contributed by atoms with van der Waals surface area (Å²) in [6.45, 7) is 2.36. The molecule has 1 aromatic heterocycles. The van der Waals surface area contributed by atoms with E-state index in [4.69, 9.17) is 0 Å². The van der Waals surface area contributed by atoms with Gasteiger partial charge in [-0.25, -0.2) is 0 Å². The van der Waals surface area contributed by atoms with Crippen LogP contribution in [0.25, 0.3) is 47.6 Å². The predicted octanol–water partition coefficient (Wildman–Crippen LogP) is 13.0. The molecule has 0 bridgehead atoms. The molecule has 2 atom stereocenters. The maximum absolute atomic E-state index is 2.47. The van der Waals surface area contributed by atoms with Gasteiger partial charge in [0, 0.05) is 42.7 Å². The first-order valence-corrected chi connectivity index (χ1v) is 17.2. The van der Waals surface area contributed by atoms with Crippen LogP contribution in [-0.2, 0) is 0 Å². The van der Waals surface area contributed by atoms with Crippen molar-refractivity contribution in [2.24, 2.45) is 11.8 Å². The summed E-state index contributed by atoms with van der Waals surface area (Å²) in [6, 6.07) is 49.1. The van der Waals surface area contributed by atoms with Crippen LogP contribution in [0, 0.1) is 11.8 Å². The lowest BCUT2D eigenvalue weighted by atomic mass is 9.74. The Morgan fingerprint density at radius 2 is 1.34 bits per heavy atom. The molecule has 47 heavy (non-hydrogen) atoms. The van der Waals surface area contributed by atoms with Crippen LogP contribution in [0.4, 0.5) is 17.1 Å². The van der Waals surface area contributed by atoms with E-state index in [9.17, 15) is 0 Å². The quantitative estimate of drug-likeness (QED) is 0.185. The number of rotatable bonds is 5. The highest BCUT2D eigenvalue weighted by Crippen LogP contribution is 2.46. The molecule has 2 heteroatoms. The number of para-hydroxylation sites is 1. The van der Waals surface area contributed by atoms with E-state index in [2.05, 4.69) is 182 Å². The summed E-state index contributed by atoms with van der Waals surface area (Å²) < 4.78 is 2.64. The number of hydrogen-bond acceptors (Lipinski definition) is 2. The van der Waals surface area contributed by atoms with Crippen molar-refractivity contribution in [2.75, 3.05) is 4.90 Å². The summed E-state index contributed by atoms with van der Waals surface area (Å²) in [6.07, 6.45) is 13.6. The van der Waals surface area contributed by atoms with Crippen LogP contribution in [0.1, 0.15) is 12.5 Å². The molecule has 1 heterocycles. The molecule has 0 saturated heterocycles. The average Bonchev–Trinajstić information content (AvgIpc) is 3.50. The summed E-state index contributed by atoms with van der Waals surface area (Å²) in [4.78, 5) is 2.47. The van der Waals surface area contributed by atoms with Gasteiger partial charge in [0.25, 0.3) is 0 Å². The van der Waals surface area contributed by atoms with Gasteiger partial charge in [-0.3, -0.25) is 0 Å². The fourth-order valence-corrected chi connectivity index (χ4v) is 8.67. The zero-order valence-electron chi connectivity index (χ0n) is 26.2. The molecule has 0 radical (unpaired) electrons. The molecular formula is C45H33NS. The molecule has 6 aromatic carbocycles. The van der Waals surface area contributed by atoms with Crippen LogP contribution in [0.3, 0.4) is 0 Å². The molecule has 0 N–H and O–H groups in total. The van der Waals surface area contributed by atoms with Crippen molar-refractivity contribution >= 4 is 64.9 Å². The maximum atomic E-state index is 2.47. The minimum atomic E-state index is 0.387. The largest absolute Gasteiger partial charge is 0.309 e. The van der Waals surface area contributed by atoms with Gasteiger partial charge in [-0.2, -0.15) is 0 Å². The molecule has 0 saturated carbocycles. The van der Waals surface area contributed by atoms with Crippen molar-refractivity contribution in [2.45, 2.75) is 6.92 Å². The van der Waals surface area contributed by atoms with E-state index in [1.54, 1.807) is 0 Å². The number of hydrogen-bond donors (Lipinski definition) is 0. The Hall–Kier alpha value is -5.44. The van der Waals surface area contributed by atoms with Crippen LogP contribution in [0.5, 0.6) is 0 Å². The van der Waals surface area contributed by atoms with Crippen molar-refractivity contribution in [3.63, 3.8) is 0 Å². The number of benzene rings is 6. The van der Waals surface area contributed by atoms with Crippen molar-refractivity contribution < 1.29 is 0 Å². The molecule has 2 aliphatic rings. The molecule has 0 fully saturated rings. The van der Waals surface area contributed by atoms with Crippen molar-refractivity contribution in [3.8, 4) is 11.1 Å². The normalized spacial score (nSPS) is 17.1. The number of fused-ring (bicyclic) bond motifs is 5. The first-order chi connectivity index (χ1) is 23.2. The second kappa shape index (κ2) is 11.4. The molecule has 0 amide bonds. The van der Waals surface area contributed by atoms with Gasteiger partial charge in [-0.05, 0) is 70.0 Å². The van der Waals surface area contributed by atoms with E-state index in [-0.39, 0.29) is 0 Å². The van der Waals surface area contributed by atoms with E-state index >= 15 is 0 Å². The van der Waals surface area contributed by atoms with Crippen LogP contribution in [0.15, 0.2) is 175 Å². The molecule has 1 nitrogen and oxygen atoms in total. The van der Waals surface area contributed by atoms with Crippen molar-refractivity contribution in [3.05, 3.63) is 181 Å². The van der Waals surface area contributed by atoms with Crippen molar-refractivity contribution in [1.82, 2.24) is 0 Å². The highest BCUT2D eigenvalue weighted by Gasteiger charge is 2.27. The molecule has 224 valence electrons. The first-order valence-electron chi connectivity index (χ1n) is 16.4. The maximum Gasteiger partial charge on any atom is 0.0540 e. The van der Waals surface area contributed by atoms with Crippen molar-refractivity contribution in [1.29, 1.82) is 0 Å². The summed E-state index contributed by atoms with van der Waals surface area (Å²) in [5, 5.41) is 5.11. The Kier molecular flexibility index (Phi) is 6.76. The Morgan fingerprint density at radius 1 is 0.574 bits per heavy atom. The molecule has 2 unspecified atom stereocenters. The van der Waals surface area contributed by atoms with Gasteiger partial charge in [0.1, 0.15) is 0 Å². The second-order valence-corrected chi connectivity index (χ2v) is 13.6. The smallest absolute Gasteiger partial charge is 0.0540 e. The Labute approximate surface area is 279 Å². The standard InChI is InChI=1S/C45H33NS/c1-30-36-17-4-2-13-32(36)24-26-37(30)33-15-10-16-35(28-33)46(43-22-11-14-31-12-3-5-18-38(31)43)42-21-8-6-19-39(42)34-25-27-41-40-20-7-9-23-44(40)47-45(41)29-34/h2-30,36H,1H3. The van der Waals surface area contributed by atoms with Gasteiger partial charge >= 0.3 is 0 Å². The van der Waals surface area contributed by atoms with Crippen LogP contribution in [0.2, 0.25) is 0 Å². The van der Waals surface area contributed by atoms with Gasteiger partial charge in [-0.1, -0.05) is 140 Å². The lowest BCUT2D eigenvalue weighted by molar-refractivity contribution is 0.600. The Morgan fingerprint density at radius 3 is 2.30 bits per heavy atom. The summed E-state index contributed by atoms with van der Waals surface area (Å²) >= 11 is 1.87. The average molecular weight is 620 g/mol. The summed E-state index contributed by atoms with van der Waals surface area (Å²) in [5.74, 6) is 0.792.